The van der Waals surface area contributed by atoms with Crippen molar-refractivity contribution in [2.45, 2.75) is 159 Å². The molecule has 2 saturated heterocycles. The van der Waals surface area contributed by atoms with E-state index in [1.807, 2.05) is 20.8 Å². The van der Waals surface area contributed by atoms with E-state index in [0.717, 1.165) is 10.9 Å². The van der Waals surface area contributed by atoms with Crippen LogP contribution in [0.4, 0.5) is 21.2 Å². The number of fused-ring (bicyclic) bond motifs is 1. The summed E-state index contributed by atoms with van der Waals surface area (Å²) in [7, 11) is -7.50. The standard InChI is InChI=1S/C42H67N11O19P2S2/c1-40(2,3)70-38(58)49-22(12-10-11-14-45-34(55)23(19-75-76-42(7,8)9)50-39(59)71-41(4,5)6)36(56)69-31-26(68-35(30(31)54)53-21-48-29-32(44)46-20-47-33(29)53)18-66-74(63,64)72-24-16-28(52-15-13-27(43)51-37(52)57)67-25(24)17-65-73(60,61)62/h13,15,20-26,28,30-31,35,54H,10-12,14,16-19H2,1-9H3,(H,45,55)(H,49,58)(H,50,59)(H,63,64)(H2,43,51,57)(H2,44,46,47)(H2,60,61,62)/t22?,23?,24-,25+,26-,28?,30+,31+,35?/m0/s1. The van der Waals surface area contributed by atoms with Gasteiger partial charge in [-0.25, -0.2) is 43.3 Å². The lowest BCUT2D eigenvalue weighted by Crippen LogP contribution is -2.49. The molecule has 5 rings (SSSR count). The smallest absolute Gasteiger partial charge is 0.455 e. The molecule has 3 amide bonds. The highest BCUT2D eigenvalue weighted by Crippen LogP contribution is 2.50. The van der Waals surface area contributed by atoms with Crippen LogP contribution in [0.1, 0.15) is 100 Å². The number of aliphatic hydroxyl groups excluding tert-OH is 1. The largest absolute Gasteiger partial charge is 0.472 e. The molecule has 5 unspecified atom stereocenters. The monoisotopic (exact) mass is 1160 g/mol. The van der Waals surface area contributed by atoms with Gasteiger partial charge in [-0.3, -0.25) is 27.5 Å². The number of hydrogen-bond donors (Lipinski definition) is 9. The topological polar surface area (TPSA) is 424 Å². The number of nitrogens with two attached hydrogens (primary N) is 2. The van der Waals surface area contributed by atoms with Crippen LogP contribution in [-0.2, 0) is 56.0 Å². The number of rotatable bonds is 23. The normalized spacial score (nSPS) is 22.8. The van der Waals surface area contributed by atoms with E-state index in [4.69, 9.17) is 44.2 Å². The molecule has 3 aromatic heterocycles. The van der Waals surface area contributed by atoms with Crippen molar-refractivity contribution >= 4 is 84.1 Å². The zero-order chi connectivity index (χ0) is 56.6. The van der Waals surface area contributed by atoms with Crippen LogP contribution < -0.4 is 33.1 Å². The van der Waals surface area contributed by atoms with Crippen molar-refractivity contribution in [2.75, 3.05) is 37.0 Å². The summed E-state index contributed by atoms with van der Waals surface area (Å²) in [5.74, 6) is -1.55. The fourth-order valence-electron chi connectivity index (χ4n) is 7.24. The number of anilines is 2. The van der Waals surface area contributed by atoms with Gasteiger partial charge in [0.25, 0.3) is 0 Å². The highest BCUT2D eigenvalue weighted by atomic mass is 33.1. The van der Waals surface area contributed by atoms with Crippen LogP contribution in [0.3, 0.4) is 0 Å². The third kappa shape index (κ3) is 19.3. The van der Waals surface area contributed by atoms with E-state index >= 15 is 0 Å². The van der Waals surface area contributed by atoms with E-state index in [0.29, 0.717) is 0 Å². The number of alkyl carbamates (subject to hydrolysis) is 2. The maximum atomic E-state index is 14.2. The van der Waals surface area contributed by atoms with E-state index in [-0.39, 0.29) is 65.5 Å². The molecule has 0 bridgehead atoms. The number of unbranched alkanes of at least 4 members (excludes halogenated alkanes) is 1. The average Bonchev–Trinajstić information content (AvgIpc) is 3.97. The van der Waals surface area contributed by atoms with E-state index in [2.05, 4.69) is 40.4 Å². The van der Waals surface area contributed by atoms with Gasteiger partial charge in [-0.2, -0.15) is 4.98 Å². The molecule has 426 valence electrons. The molecular weight excluding hydrogens is 1090 g/mol. The number of nitrogens with one attached hydrogen (secondary N) is 3. The minimum atomic E-state index is -5.30. The van der Waals surface area contributed by atoms with Crippen LogP contribution in [0.25, 0.3) is 11.2 Å². The Balaban J connectivity index is 1.33. The molecule has 10 atom stereocenters. The lowest BCUT2D eigenvalue weighted by molar-refractivity contribution is -0.159. The van der Waals surface area contributed by atoms with Gasteiger partial charge >= 0.3 is 39.5 Å². The number of carbonyl (C=O) groups excluding carboxylic acids is 4. The van der Waals surface area contributed by atoms with Crippen molar-refractivity contribution in [3.63, 3.8) is 0 Å². The summed E-state index contributed by atoms with van der Waals surface area (Å²) in [5.41, 5.74) is 9.06. The summed E-state index contributed by atoms with van der Waals surface area (Å²) < 4.78 is 71.3. The van der Waals surface area contributed by atoms with Gasteiger partial charge in [0, 0.05) is 29.7 Å². The van der Waals surface area contributed by atoms with Crippen LogP contribution in [0.15, 0.2) is 29.7 Å². The second kappa shape index (κ2) is 25.8. The lowest BCUT2D eigenvalue weighted by atomic mass is 10.1. The fourth-order valence-corrected chi connectivity index (χ4v) is 11.0. The highest BCUT2D eigenvalue weighted by Gasteiger charge is 2.50. The Hall–Kier alpha value is -4.69. The third-order valence-corrected chi connectivity index (χ3v) is 15.2. The van der Waals surface area contributed by atoms with Crippen molar-refractivity contribution in [1.82, 2.24) is 45.0 Å². The van der Waals surface area contributed by atoms with Crippen molar-refractivity contribution in [2.24, 2.45) is 0 Å². The average molecular weight is 1160 g/mol. The molecule has 5 heterocycles. The molecule has 34 heteroatoms. The number of aromatic nitrogens is 6. The Labute approximate surface area is 444 Å². The van der Waals surface area contributed by atoms with Gasteiger partial charge in [0.15, 0.2) is 23.8 Å². The molecule has 0 aromatic carbocycles. The Kier molecular flexibility index (Phi) is 21.1. The molecule has 30 nitrogen and oxygen atoms in total. The molecule has 0 aliphatic carbocycles. The first kappa shape index (κ1) is 62.2. The molecular formula is C42H67N11O19P2S2. The summed E-state index contributed by atoms with van der Waals surface area (Å²) >= 11 is 0. The Morgan fingerprint density at radius 1 is 0.882 bits per heavy atom. The number of imidazole rings is 1. The molecule has 0 spiro atoms. The summed E-state index contributed by atoms with van der Waals surface area (Å²) in [6.45, 7) is 14.1. The quantitative estimate of drug-likeness (QED) is 0.0217. The Morgan fingerprint density at radius 3 is 2.14 bits per heavy atom. The van der Waals surface area contributed by atoms with Crippen molar-refractivity contribution < 1.29 is 85.4 Å². The first-order chi connectivity index (χ1) is 35.2. The molecule has 2 fully saturated rings. The third-order valence-electron chi connectivity index (χ3n) is 10.4. The van der Waals surface area contributed by atoms with Crippen molar-refractivity contribution in [3.05, 3.63) is 35.4 Å². The number of nitrogens with zero attached hydrogens (tertiary/aromatic N) is 6. The first-order valence-electron chi connectivity index (χ1n) is 23.6. The van der Waals surface area contributed by atoms with Gasteiger partial charge in [0.2, 0.25) is 5.91 Å². The van der Waals surface area contributed by atoms with E-state index in [1.54, 1.807) is 41.5 Å². The molecule has 3 aromatic rings. The summed E-state index contributed by atoms with van der Waals surface area (Å²) in [5, 5.41) is 19.8. The molecule has 76 heavy (non-hydrogen) atoms. The second-order valence-corrected chi connectivity index (χ2v) is 26.1. The maximum absolute atomic E-state index is 14.2. The highest BCUT2D eigenvalue weighted by molar-refractivity contribution is 8.77. The number of carbonyl (C=O) groups is 4. The van der Waals surface area contributed by atoms with Gasteiger partial charge in [-0.05, 0) is 66.9 Å². The van der Waals surface area contributed by atoms with Crippen LogP contribution in [0.2, 0.25) is 0 Å². The number of hydrogen-bond acceptors (Lipinski definition) is 24. The van der Waals surface area contributed by atoms with Crippen LogP contribution >= 0.6 is 37.2 Å². The van der Waals surface area contributed by atoms with Gasteiger partial charge in [-0.15, -0.1) is 0 Å². The van der Waals surface area contributed by atoms with Crippen LogP contribution in [-0.4, -0.2) is 157 Å². The van der Waals surface area contributed by atoms with Crippen molar-refractivity contribution in [1.29, 1.82) is 0 Å². The molecule has 2 aliphatic heterocycles. The minimum absolute atomic E-state index is 0.0280. The molecule has 0 radical (unpaired) electrons. The number of esters is 1. The summed E-state index contributed by atoms with van der Waals surface area (Å²) in [6, 6.07) is -1.17. The Bertz CT molecular complexity index is 2660. The SMILES string of the molecule is CC(C)(C)OC(=O)NC(CSSC(C)(C)C)C(=O)NCCCCC(NC(=O)OC(C)(C)C)C(=O)O[C@@H]1[C@H](COP(=O)(O)O[C@H]2CC(n3ccc(N)nc3=O)O[C@@H]2COP(=O)(O)O)OC(n2cnc3c(N)ncnc32)[C@@H]1O. The van der Waals surface area contributed by atoms with Crippen LogP contribution in [0, 0.1) is 0 Å². The number of nitrogen functional groups attached to an aromatic ring is 2. The first-order valence-corrected chi connectivity index (χ1v) is 28.9. The van der Waals surface area contributed by atoms with Gasteiger partial charge in [-0.1, -0.05) is 42.4 Å². The number of phosphoric acid groups is 2. The van der Waals surface area contributed by atoms with E-state index in [9.17, 15) is 52.9 Å². The van der Waals surface area contributed by atoms with Gasteiger partial charge in [0.1, 0.15) is 71.6 Å². The zero-order valence-electron chi connectivity index (χ0n) is 43.1. The minimum Gasteiger partial charge on any atom is -0.455 e. The summed E-state index contributed by atoms with van der Waals surface area (Å²) in [6.07, 6.45) is -9.24. The molecule has 2 aliphatic rings. The maximum Gasteiger partial charge on any atom is 0.472 e. The predicted octanol–water partition coefficient (Wildman–Crippen LogP) is 2.57. The van der Waals surface area contributed by atoms with Gasteiger partial charge in [0.05, 0.1) is 19.5 Å². The lowest BCUT2D eigenvalue weighted by Gasteiger charge is -2.26. The Morgan fingerprint density at radius 2 is 1.53 bits per heavy atom. The fraction of sp³-hybridized carbons (Fsp3) is 0.690. The molecule has 11 N–H and O–H groups in total. The zero-order valence-corrected chi connectivity index (χ0v) is 46.5. The number of phosphoric ester groups is 2. The molecule has 0 saturated carbocycles. The van der Waals surface area contributed by atoms with E-state index < -0.39 is 125 Å². The number of amides is 3. The number of aliphatic hydroxyl groups is 1. The number of ether oxygens (including phenoxy) is 5. The van der Waals surface area contributed by atoms with Gasteiger partial charge < -0.3 is 70.9 Å². The predicted molar refractivity (Wildman–Crippen MR) is 273 cm³/mol. The summed E-state index contributed by atoms with van der Waals surface area (Å²) in [4.78, 5) is 112. The second-order valence-electron chi connectivity index (χ2n) is 20.3. The van der Waals surface area contributed by atoms with Crippen LogP contribution in [0.5, 0.6) is 0 Å². The van der Waals surface area contributed by atoms with E-state index in [1.165, 1.54) is 44.7 Å². The van der Waals surface area contributed by atoms with Crippen molar-refractivity contribution in [3.8, 4) is 0 Å².